The molecule has 0 heterocycles. The number of halogens is 2. The fourth-order valence-corrected chi connectivity index (χ4v) is 3.73. The van der Waals surface area contributed by atoms with Crippen molar-refractivity contribution < 1.29 is 18.7 Å². The van der Waals surface area contributed by atoms with Gasteiger partial charge in [-0.05, 0) is 48.1 Å². The van der Waals surface area contributed by atoms with E-state index >= 15 is 0 Å². The molecule has 5 nitrogen and oxygen atoms in total. The van der Waals surface area contributed by atoms with Gasteiger partial charge in [-0.15, -0.1) is 0 Å². The zero-order valence-corrected chi connectivity index (χ0v) is 18.9. The second-order valence-electron chi connectivity index (χ2n) is 8.22. The third kappa shape index (κ3) is 8.65. The van der Waals surface area contributed by atoms with Gasteiger partial charge >= 0.3 is 0 Å². The Morgan fingerprint density at radius 3 is 2.38 bits per heavy atom. The van der Waals surface area contributed by atoms with Gasteiger partial charge in [-0.25, -0.2) is 8.78 Å². The molecule has 0 spiro atoms. The van der Waals surface area contributed by atoms with Crippen LogP contribution in [0.4, 0.5) is 8.78 Å². The number of aryl methyl sites for hydroxylation is 1. The number of rotatable bonds is 14. The molecule has 7 heteroatoms. The Morgan fingerprint density at radius 2 is 1.75 bits per heavy atom. The Morgan fingerprint density at radius 1 is 1.06 bits per heavy atom. The summed E-state index contributed by atoms with van der Waals surface area (Å²) in [6.07, 6.45) is 2.41. The Balaban J connectivity index is 2.09. The summed E-state index contributed by atoms with van der Waals surface area (Å²) in [7, 11) is 0. The lowest BCUT2D eigenvalue weighted by molar-refractivity contribution is -0.120. The van der Waals surface area contributed by atoms with Crippen LogP contribution in [0.1, 0.15) is 49.8 Å². The fraction of sp³-hybridized carbons (Fsp3) is 0.480. The molecule has 0 saturated carbocycles. The highest BCUT2D eigenvalue weighted by Crippen LogP contribution is 2.14. The summed E-state index contributed by atoms with van der Waals surface area (Å²) in [4.78, 5) is 11.9. The Kier molecular flexibility index (Phi) is 10.7. The summed E-state index contributed by atoms with van der Waals surface area (Å²) in [5.74, 6) is -1.87. The highest BCUT2D eigenvalue weighted by molar-refractivity contribution is 5.79. The Hall–Kier alpha value is -2.35. The minimum absolute atomic E-state index is 0.152. The summed E-state index contributed by atoms with van der Waals surface area (Å²) in [6.45, 7) is 4.92. The summed E-state index contributed by atoms with van der Waals surface area (Å²) in [5, 5.41) is 17.2. The molecule has 2 aromatic rings. The van der Waals surface area contributed by atoms with Gasteiger partial charge in [0.15, 0.2) is 0 Å². The number of aliphatic hydroxyl groups excluding tert-OH is 1. The average molecular weight is 448 g/mol. The molecule has 3 atom stereocenters. The number of benzene rings is 2. The monoisotopic (exact) mass is 447 g/mol. The van der Waals surface area contributed by atoms with Gasteiger partial charge in [0.2, 0.25) is 5.91 Å². The molecule has 0 aliphatic carbocycles. The third-order valence-corrected chi connectivity index (χ3v) is 5.53. The van der Waals surface area contributed by atoms with Crippen molar-refractivity contribution in [1.82, 2.24) is 10.6 Å². The largest absolute Gasteiger partial charge is 0.390 e. The molecule has 0 unspecified atom stereocenters. The number of aliphatic hydroxyl groups is 1. The second-order valence-corrected chi connectivity index (χ2v) is 8.22. The number of carbonyl (C=O) groups excluding carboxylic acids is 1. The molecule has 2 aromatic carbocycles. The number of unbranched alkanes of at least 4 members (excludes halogenated alkanes) is 1. The molecule has 0 aliphatic heterocycles. The molecule has 0 fully saturated rings. The first-order valence-electron chi connectivity index (χ1n) is 11.3. The molecule has 0 radical (unpaired) electrons. The van der Waals surface area contributed by atoms with Gasteiger partial charge in [-0.1, -0.05) is 51.0 Å². The van der Waals surface area contributed by atoms with Crippen molar-refractivity contribution in [3.05, 3.63) is 70.8 Å². The van der Waals surface area contributed by atoms with Crippen LogP contribution in [0.2, 0.25) is 0 Å². The van der Waals surface area contributed by atoms with Crippen molar-refractivity contribution in [2.75, 3.05) is 6.54 Å². The molecule has 2 rings (SSSR count). The highest BCUT2D eigenvalue weighted by atomic mass is 19.1. The molecule has 0 saturated heterocycles. The molecular weight excluding hydrogens is 412 g/mol. The minimum Gasteiger partial charge on any atom is -0.390 e. The zero-order valence-electron chi connectivity index (χ0n) is 18.9. The van der Waals surface area contributed by atoms with Gasteiger partial charge in [0.05, 0.1) is 12.1 Å². The smallest absolute Gasteiger partial charge is 0.234 e. The molecule has 0 aliphatic rings. The topological polar surface area (TPSA) is 87.4 Å². The molecule has 0 bridgehead atoms. The Bertz CT molecular complexity index is 843. The van der Waals surface area contributed by atoms with Crippen LogP contribution in [0.25, 0.3) is 0 Å². The van der Waals surface area contributed by atoms with E-state index in [1.54, 1.807) is 0 Å². The zero-order chi connectivity index (χ0) is 23.5. The number of nitrogens with two attached hydrogens (primary N) is 1. The lowest BCUT2D eigenvalue weighted by Gasteiger charge is -2.28. The molecule has 32 heavy (non-hydrogen) atoms. The van der Waals surface area contributed by atoms with Crippen molar-refractivity contribution in [3.63, 3.8) is 0 Å². The van der Waals surface area contributed by atoms with E-state index in [1.165, 1.54) is 17.7 Å². The van der Waals surface area contributed by atoms with Gasteiger partial charge in [-0.3, -0.25) is 4.79 Å². The van der Waals surface area contributed by atoms with Crippen LogP contribution < -0.4 is 16.4 Å². The van der Waals surface area contributed by atoms with Crippen molar-refractivity contribution in [2.24, 2.45) is 5.73 Å². The second kappa shape index (κ2) is 13.3. The maximum atomic E-state index is 13.7. The number of hydrogen-bond donors (Lipinski definition) is 4. The number of amides is 1. The summed E-state index contributed by atoms with van der Waals surface area (Å²) in [6, 6.07) is 10.2. The van der Waals surface area contributed by atoms with E-state index in [0.717, 1.165) is 30.9 Å². The van der Waals surface area contributed by atoms with Crippen LogP contribution in [0.5, 0.6) is 0 Å². The van der Waals surface area contributed by atoms with Gasteiger partial charge in [0, 0.05) is 25.2 Å². The normalized spacial score (nSPS) is 14.2. The SMILES string of the molecule is CCCC[C@H](N[C@@H](Cc1cc(F)cc(F)c1)[C@H](O)CNCc1cccc(CC)c1)C(N)=O. The maximum Gasteiger partial charge on any atom is 0.234 e. The van der Waals surface area contributed by atoms with Crippen LogP contribution in [0.15, 0.2) is 42.5 Å². The van der Waals surface area contributed by atoms with Crippen molar-refractivity contribution in [1.29, 1.82) is 0 Å². The molecule has 176 valence electrons. The van der Waals surface area contributed by atoms with Crippen LogP contribution in [-0.2, 0) is 24.2 Å². The van der Waals surface area contributed by atoms with Crippen LogP contribution in [0, 0.1) is 11.6 Å². The first kappa shape index (κ1) is 25.9. The summed E-state index contributed by atoms with van der Waals surface area (Å²) >= 11 is 0. The quantitative estimate of drug-likeness (QED) is 0.358. The van der Waals surface area contributed by atoms with Crippen molar-refractivity contribution >= 4 is 5.91 Å². The summed E-state index contributed by atoms with van der Waals surface area (Å²) in [5.41, 5.74) is 8.29. The van der Waals surface area contributed by atoms with E-state index < -0.39 is 35.7 Å². The number of hydrogen-bond acceptors (Lipinski definition) is 4. The molecule has 5 N–H and O–H groups in total. The predicted octanol–water partition coefficient (Wildman–Crippen LogP) is 3.22. The van der Waals surface area contributed by atoms with Crippen molar-refractivity contribution in [3.8, 4) is 0 Å². The van der Waals surface area contributed by atoms with E-state index in [9.17, 15) is 18.7 Å². The lowest BCUT2D eigenvalue weighted by Crippen LogP contribution is -2.53. The van der Waals surface area contributed by atoms with E-state index in [0.29, 0.717) is 18.5 Å². The number of nitrogens with one attached hydrogen (secondary N) is 2. The van der Waals surface area contributed by atoms with Gasteiger partial charge in [-0.2, -0.15) is 0 Å². The first-order chi connectivity index (χ1) is 15.3. The van der Waals surface area contributed by atoms with E-state index in [2.05, 4.69) is 29.7 Å². The number of primary amides is 1. The average Bonchev–Trinajstić information content (AvgIpc) is 2.75. The molecule has 0 aromatic heterocycles. The van der Waals surface area contributed by atoms with Gasteiger partial charge in [0.1, 0.15) is 11.6 Å². The van der Waals surface area contributed by atoms with E-state index in [1.807, 2.05) is 19.1 Å². The highest BCUT2D eigenvalue weighted by Gasteiger charge is 2.25. The fourth-order valence-electron chi connectivity index (χ4n) is 3.73. The first-order valence-corrected chi connectivity index (χ1v) is 11.3. The minimum atomic E-state index is -0.904. The van der Waals surface area contributed by atoms with Crippen molar-refractivity contribution in [2.45, 2.75) is 70.7 Å². The van der Waals surface area contributed by atoms with Gasteiger partial charge < -0.3 is 21.5 Å². The van der Waals surface area contributed by atoms with E-state index in [4.69, 9.17) is 5.73 Å². The van der Waals surface area contributed by atoms with Crippen LogP contribution >= 0.6 is 0 Å². The third-order valence-electron chi connectivity index (χ3n) is 5.53. The maximum absolute atomic E-state index is 13.7. The Labute approximate surface area is 189 Å². The standard InChI is InChI=1S/C25H35F2N3O2/c1-3-5-9-22(25(28)32)30-23(13-19-11-20(26)14-21(27)12-19)24(31)16-29-15-18-8-6-7-17(4-2)10-18/h6-8,10-12,14,22-24,29-31H,3-5,9,13,15-16H2,1-2H3,(H2,28,32)/t22-,23-,24+/m0/s1. The lowest BCUT2D eigenvalue weighted by atomic mass is 9.98. The number of carbonyl (C=O) groups is 1. The van der Waals surface area contributed by atoms with Gasteiger partial charge in [0.25, 0.3) is 0 Å². The predicted molar refractivity (Wildman–Crippen MR) is 123 cm³/mol. The van der Waals surface area contributed by atoms with Crippen LogP contribution in [-0.4, -0.2) is 35.7 Å². The molecular formula is C25H35F2N3O2. The molecule has 1 amide bonds. The van der Waals surface area contributed by atoms with E-state index in [-0.39, 0.29) is 13.0 Å². The van der Waals surface area contributed by atoms with Crippen LogP contribution in [0.3, 0.4) is 0 Å². The summed E-state index contributed by atoms with van der Waals surface area (Å²) < 4.78 is 27.4.